The molecule has 2 aliphatic carbocycles. The van der Waals surface area contributed by atoms with Gasteiger partial charge in [0.25, 0.3) is 0 Å². The molecule has 62 heavy (non-hydrogen) atoms. The minimum absolute atomic E-state index is 0.312. The van der Waals surface area contributed by atoms with E-state index in [9.17, 15) is 0 Å². The second-order valence-corrected chi connectivity index (χ2v) is 17.9. The standard InChI is InChI=1S/C58H44N4/c1-57(2)49-35-39(37-23-29-43(30-24-37)61(41-15-7-5-8-16-41)42-17-9-6-10-18-42)27-33-47(49)53-55(57)60-54-48-34-28-40(36-50(48)58(3,4)56(54)59-53)38-25-31-44(32-26-38)62-51-21-13-11-19-45(51)46-20-12-14-22-52(46)62/h5-36H,1-4H3. The van der Waals surface area contributed by atoms with Crippen LogP contribution in [0.3, 0.4) is 0 Å². The van der Waals surface area contributed by atoms with E-state index in [0.29, 0.717) is 0 Å². The summed E-state index contributed by atoms with van der Waals surface area (Å²) in [6.45, 7) is 9.21. The lowest BCUT2D eigenvalue weighted by molar-refractivity contribution is 0.617. The highest BCUT2D eigenvalue weighted by atomic mass is 15.1. The Morgan fingerprint density at radius 1 is 0.387 bits per heavy atom. The number of rotatable bonds is 6. The minimum atomic E-state index is -0.314. The van der Waals surface area contributed by atoms with Gasteiger partial charge in [-0.15, -0.1) is 0 Å². The van der Waals surface area contributed by atoms with E-state index in [1.165, 1.54) is 66.3 Å². The van der Waals surface area contributed by atoms with Crippen molar-refractivity contribution in [2.24, 2.45) is 0 Å². The summed E-state index contributed by atoms with van der Waals surface area (Å²) >= 11 is 0. The van der Waals surface area contributed by atoms with Crippen LogP contribution in [0.5, 0.6) is 0 Å². The smallest absolute Gasteiger partial charge is 0.0933 e. The largest absolute Gasteiger partial charge is 0.311 e. The van der Waals surface area contributed by atoms with Crippen LogP contribution in [0, 0.1) is 0 Å². The van der Waals surface area contributed by atoms with E-state index >= 15 is 0 Å². The first-order valence-corrected chi connectivity index (χ1v) is 21.6. The lowest BCUT2D eigenvalue weighted by Gasteiger charge is -2.25. The zero-order valence-corrected chi connectivity index (χ0v) is 35.3. The first-order valence-electron chi connectivity index (χ1n) is 21.6. The number of fused-ring (bicyclic) bond motifs is 9. The van der Waals surface area contributed by atoms with Crippen molar-refractivity contribution < 1.29 is 0 Å². The van der Waals surface area contributed by atoms with Gasteiger partial charge in [-0.1, -0.05) is 149 Å². The average Bonchev–Trinajstić information content (AvgIpc) is 3.85. The van der Waals surface area contributed by atoms with Crippen molar-refractivity contribution in [1.82, 2.24) is 14.5 Å². The van der Waals surface area contributed by atoms with Crippen LogP contribution in [0.4, 0.5) is 17.1 Å². The van der Waals surface area contributed by atoms with Gasteiger partial charge in [-0.2, -0.15) is 0 Å². The summed E-state index contributed by atoms with van der Waals surface area (Å²) in [4.78, 5) is 13.4. The number of para-hydroxylation sites is 4. The molecule has 4 nitrogen and oxygen atoms in total. The lowest BCUT2D eigenvalue weighted by atomic mass is 9.83. The first-order chi connectivity index (χ1) is 30.3. The zero-order valence-electron chi connectivity index (χ0n) is 35.3. The Balaban J connectivity index is 0.859. The van der Waals surface area contributed by atoms with Crippen LogP contribution >= 0.6 is 0 Å². The van der Waals surface area contributed by atoms with E-state index < -0.39 is 0 Å². The molecule has 4 heteroatoms. The molecular formula is C58H44N4. The normalized spacial score (nSPS) is 14.1. The van der Waals surface area contributed by atoms with E-state index in [-0.39, 0.29) is 10.8 Å². The predicted octanol–water partition coefficient (Wildman–Crippen LogP) is 15.0. The predicted molar refractivity (Wildman–Crippen MR) is 257 cm³/mol. The molecule has 12 rings (SSSR count). The summed E-state index contributed by atoms with van der Waals surface area (Å²) < 4.78 is 2.37. The third-order valence-electron chi connectivity index (χ3n) is 13.5. The van der Waals surface area contributed by atoms with Gasteiger partial charge in [0, 0.05) is 55.5 Å². The molecule has 2 aromatic heterocycles. The van der Waals surface area contributed by atoms with Gasteiger partial charge in [0.15, 0.2) is 0 Å². The van der Waals surface area contributed by atoms with Gasteiger partial charge in [-0.3, -0.25) is 0 Å². The van der Waals surface area contributed by atoms with E-state index in [0.717, 1.165) is 45.5 Å². The summed E-state index contributed by atoms with van der Waals surface area (Å²) in [5.41, 5.74) is 20.1. The summed E-state index contributed by atoms with van der Waals surface area (Å²) in [5.74, 6) is 0. The molecular weight excluding hydrogens is 753 g/mol. The molecule has 0 unspecified atom stereocenters. The Kier molecular flexibility index (Phi) is 7.89. The number of hydrogen-bond acceptors (Lipinski definition) is 3. The van der Waals surface area contributed by atoms with Crippen LogP contribution in [-0.4, -0.2) is 14.5 Å². The molecule has 0 atom stereocenters. The molecule has 0 N–H and O–H groups in total. The average molecular weight is 797 g/mol. The van der Waals surface area contributed by atoms with Crippen molar-refractivity contribution in [3.05, 3.63) is 217 Å². The van der Waals surface area contributed by atoms with Crippen LogP contribution in [0.1, 0.15) is 50.2 Å². The maximum absolute atomic E-state index is 5.55. The Morgan fingerprint density at radius 2 is 0.774 bits per heavy atom. The molecule has 296 valence electrons. The van der Waals surface area contributed by atoms with Gasteiger partial charge in [-0.25, -0.2) is 9.97 Å². The van der Waals surface area contributed by atoms with Crippen molar-refractivity contribution in [2.75, 3.05) is 4.90 Å². The Bertz CT molecular complexity index is 3280. The van der Waals surface area contributed by atoms with E-state index in [4.69, 9.17) is 9.97 Å². The fraction of sp³-hybridized carbons (Fsp3) is 0.103. The zero-order chi connectivity index (χ0) is 41.7. The number of hydrogen-bond donors (Lipinski definition) is 0. The van der Waals surface area contributed by atoms with Crippen molar-refractivity contribution in [3.63, 3.8) is 0 Å². The number of aromatic nitrogens is 3. The third-order valence-corrected chi connectivity index (χ3v) is 13.5. The molecule has 0 radical (unpaired) electrons. The maximum atomic E-state index is 5.55. The molecule has 0 saturated heterocycles. The summed E-state index contributed by atoms with van der Waals surface area (Å²) in [5, 5.41) is 2.54. The topological polar surface area (TPSA) is 34.0 Å². The Hall–Kier alpha value is -7.56. The number of benzene rings is 8. The highest BCUT2D eigenvalue weighted by Crippen LogP contribution is 2.54. The second-order valence-electron chi connectivity index (χ2n) is 17.9. The van der Waals surface area contributed by atoms with Crippen LogP contribution in [0.25, 0.3) is 72.3 Å². The Morgan fingerprint density at radius 3 is 1.24 bits per heavy atom. The summed E-state index contributed by atoms with van der Waals surface area (Å²) in [7, 11) is 0. The van der Waals surface area contributed by atoms with Gasteiger partial charge >= 0.3 is 0 Å². The quantitative estimate of drug-likeness (QED) is 0.168. The van der Waals surface area contributed by atoms with Crippen LogP contribution in [0.2, 0.25) is 0 Å². The molecule has 2 aliphatic rings. The number of nitrogens with zero attached hydrogens (tertiary/aromatic N) is 4. The van der Waals surface area contributed by atoms with Crippen molar-refractivity contribution in [1.29, 1.82) is 0 Å². The SMILES string of the molecule is CC1(C)c2cc(-c3ccc(N(c4ccccc4)c4ccccc4)cc3)ccc2-c2nc3c(nc21)-c1ccc(-c2ccc(-n4c5ccccc5c5ccccc54)cc2)cc1C3(C)C. The molecule has 0 bridgehead atoms. The van der Waals surface area contributed by atoms with Crippen molar-refractivity contribution in [3.8, 4) is 50.5 Å². The monoisotopic (exact) mass is 796 g/mol. The summed E-state index contributed by atoms with van der Waals surface area (Å²) in [6.07, 6.45) is 0. The molecule has 0 saturated carbocycles. The fourth-order valence-corrected chi connectivity index (χ4v) is 10.2. The lowest BCUT2D eigenvalue weighted by Crippen LogP contribution is -2.20. The number of anilines is 3. The van der Waals surface area contributed by atoms with Gasteiger partial charge < -0.3 is 9.47 Å². The highest BCUT2D eigenvalue weighted by molar-refractivity contribution is 6.09. The van der Waals surface area contributed by atoms with E-state index in [2.05, 4.69) is 231 Å². The highest BCUT2D eigenvalue weighted by Gasteiger charge is 2.44. The second kappa shape index (κ2) is 13.5. The molecule has 2 heterocycles. The van der Waals surface area contributed by atoms with Crippen LogP contribution in [-0.2, 0) is 10.8 Å². The molecule has 10 aromatic rings. The van der Waals surface area contributed by atoms with Crippen LogP contribution in [0.15, 0.2) is 194 Å². The van der Waals surface area contributed by atoms with Crippen LogP contribution < -0.4 is 4.90 Å². The third kappa shape index (κ3) is 5.39. The Labute approximate surface area is 362 Å². The summed E-state index contributed by atoms with van der Waals surface area (Å²) in [6, 6.07) is 70.2. The van der Waals surface area contributed by atoms with Gasteiger partial charge in [-0.05, 0) is 106 Å². The van der Waals surface area contributed by atoms with E-state index in [1.54, 1.807) is 0 Å². The molecule has 0 aliphatic heterocycles. The van der Waals surface area contributed by atoms with Gasteiger partial charge in [0.2, 0.25) is 0 Å². The van der Waals surface area contributed by atoms with E-state index in [1.807, 2.05) is 0 Å². The van der Waals surface area contributed by atoms with Crippen molar-refractivity contribution in [2.45, 2.75) is 38.5 Å². The molecule has 8 aromatic carbocycles. The molecule has 0 spiro atoms. The molecule has 0 amide bonds. The van der Waals surface area contributed by atoms with Gasteiger partial charge in [0.05, 0.1) is 33.8 Å². The molecule has 0 fully saturated rings. The first kappa shape index (κ1) is 36.3. The maximum Gasteiger partial charge on any atom is 0.0933 e. The fourth-order valence-electron chi connectivity index (χ4n) is 10.2. The minimum Gasteiger partial charge on any atom is -0.311 e. The van der Waals surface area contributed by atoms with Gasteiger partial charge in [0.1, 0.15) is 0 Å². The van der Waals surface area contributed by atoms with Crippen molar-refractivity contribution >= 4 is 38.9 Å².